The molecule has 35 heavy (non-hydrogen) atoms. The number of carbonyl (C=O) groups is 1. The van der Waals surface area contributed by atoms with E-state index in [0.29, 0.717) is 40.7 Å². The maximum atomic E-state index is 14.7. The van der Waals surface area contributed by atoms with E-state index in [1.165, 1.54) is 12.1 Å². The second-order valence-electron chi connectivity index (χ2n) is 7.81. The average Bonchev–Trinajstić information content (AvgIpc) is 2.87. The maximum Gasteiger partial charge on any atom is 0.323 e. The molecule has 0 spiro atoms. The number of morpholine rings is 1. The predicted octanol–water partition coefficient (Wildman–Crippen LogP) is 5.70. The lowest BCUT2D eigenvalue weighted by atomic mass is 10.2. The van der Waals surface area contributed by atoms with E-state index in [9.17, 15) is 9.18 Å². The van der Waals surface area contributed by atoms with Crippen molar-refractivity contribution < 1.29 is 18.7 Å². The van der Waals surface area contributed by atoms with Gasteiger partial charge in [-0.3, -0.25) is 4.98 Å². The summed E-state index contributed by atoms with van der Waals surface area (Å²) in [6, 6.07) is 15.5. The minimum absolute atomic E-state index is 0.0188. The van der Waals surface area contributed by atoms with E-state index < -0.39 is 11.8 Å². The monoisotopic (exact) mass is 493 g/mol. The highest BCUT2D eigenvalue weighted by Crippen LogP contribution is 2.29. The Morgan fingerprint density at radius 3 is 2.49 bits per heavy atom. The second-order valence-corrected chi connectivity index (χ2v) is 8.25. The van der Waals surface area contributed by atoms with Crippen molar-refractivity contribution in [2.24, 2.45) is 0 Å². The van der Waals surface area contributed by atoms with Crippen LogP contribution in [-0.4, -0.2) is 42.3 Å². The van der Waals surface area contributed by atoms with E-state index in [2.05, 4.69) is 25.5 Å². The minimum Gasteiger partial charge on any atom is -0.454 e. The molecule has 1 saturated heterocycles. The average molecular weight is 494 g/mol. The lowest BCUT2D eigenvalue weighted by Gasteiger charge is -2.27. The van der Waals surface area contributed by atoms with E-state index in [-0.39, 0.29) is 11.4 Å². The van der Waals surface area contributed by atoms with E-state index in [4.69, 9.17) is 21.1 Å². The van der Waals surface area contributed by atoms with Gasteiger partial charge in [-0.25, -0.2) is 14.2 Å². The molecule has 2 N–H and O–H groups in total. The number of fused-ring (bicyclic) bond motifs is 1. The number of hydrogen-bond donors (Lipinski definition) is 2. The summed E-state index contributed by atoms with van der Waals surface area (Å²) in [5.41, 5.74) is 2.19. The molecule has 2 amide bonds. The van der Waals surface area contributed by atoms with Crippen molar-refractivity contribution in [1.82, 2.24) is 9.97 Å². The highest BCUT2D eigenvalue weighted by molar-refractivity contribution is 6.30. The first-order valence-electron chi connectivity index (χ1n) is 10.9. The molecule has 1 aromatic heterocycles. The molecule has 178 valence electrons. The predicted molar refractivity (Wildman–Crippen MR) is 133 cm³/mol. The maximum absolute atomic E-state index is 14.7. The molecule has 2 heterocycles. The fraction of sp³-hybridized carbons (Fsp3) is 0.160. The fourth-order valence-corrected chi connectivity index (χ4v) is 3.73. The van der Waals surface area contributed by atoms with E-state index in [1.807, 2.05) is 0 Å². The Balaban J connectivity index is 1.27. The van der Waals surface area contributed by atoms with Crippen LogP contribution < -0.4 is 20.3 Å². The van der Waals surface area contributed by atoms with Crippen LogP contribution in [0.2, 0.25) is 5.02 Å². The number of ether oxygens (including phenoxy) is 2. The highest BCUT2D eigenvalue weighted by Gasteiger charge is 2.14. The van der Waals surface area contributed by atoms with E-state index >= 15 is 0 Å². The lowest BCUT2D eigenvalue weighted by molar-refractivity contribution is 0.122. The van der Waals surface area contributed by atoms with Gasteiger partial charge in [0, 0.05) is 41.6 Å². The number of amides is 2. The van der Waals surface area contributed by atoms with Crippen LogP contribution in [0.25, 0.3) is 11.0 Å². The Morgan fingerprint density at radius 1 is 0.971 bits per heavy atom. The first-order chi connectivity index (χ1) is 17.0. The van der Waals surface area contributed by atoms with Crippen LogP contribution in [0.3, 0.4) is 0 Å². The molecule has 4 aromatic rings. The Morgan fingerprint density at radius 2 is 1.71 bits per heavy atom. The number of rotatable bonds is 5. The van der Waals surface area contributed by atoms with Gasteiger partial charge >= 0.3 is 6.03 Å². The third kappa shape index (κ3) is 5.59. The largest absolute Gasteiger partial charge is 0.454 e. The molecule has 1 fully saturated rings. The zero-order valence-corrected chi connectivity index (χ0v) is 19.3. The van der Waals surface area contributed by atoms with Crippen LogP contribution in [0.4, 0.5) is 26.4 Å². The first-order valence-corrected chi connectivity index (χ1v) is 11.3. The van der Waals surface area contributed by atoms with Crippen LogP contribution in [0.5, 0.6) is 11.5 Å². The number of benzene rings is 3. The van der Waals surface area contributed by atoms with Gasteiger partial charge in [-0.2, -0.15) is 0 Å². The van der Waals surface area contributed by atoms with Crippen molar-refractivity contribution >= 4 is 45.9 Å². The van der Waals surface area contributed by atoms with E-state index in [0.717, 1.165) is 18.9 Å². The number of nitrogens with zero attached hydrogens (tertiary/aromatic N) is 3. The van der Waals surface area contributed by atoms with Crippen LogP contribution >= 0.6 is 11.6 Å². The van der Waals surface area contributed by atoms with Gasteiger partial charge in [0.25, 0.3) is 0 Å². The third-order valence-corrected chi connectivity index (χ3v) is 5.61. The Bertz CT molecular complexity index is 1360. The number of aromatic nitrogens is 2. The normalized spacial score (nSPS) is 13.5. The van der Waals surface area contributed by atoms with Crippen LogP contribution in [0.15, 0.2) is 66.9 Å². The molecular formula is C25H21ClFN5O3. The molecule has 1 aliphatic rings. The van der Waals surface area contributed by atoms with Gasteiger partial charge in [-0.15, -0.1) is 0 Å². The lowest BCUT2D eigenvalue weighted by Crippen LogP contribution is -2.36. The molecule has 0 atom stereocenters. The van der Waals surface area contributed by atoms with Crippen molar-refractivity contribution in [1.29, 1.82) is 0 Å². The van der Waals surface area contributed by atoms with Gasteiger partial charge in [-0.1, -0.05) is 11.6 Å². The quantitative estimate of drug-likeness (QED) is 0.371. The number of carbonyl (C=O) groups excluding carboxylic acids is 1. The zero-order chi connectivity index (χ0) is 24.2. The van der Waals surface area contributed by atoms with Crippen molar-refractivity contribution in [2.45, 2.75) is 0 Å². The molecule has 0 aliphatic carbocycles. The summed E-state index contributed by atoms with van der Waals surface area (Å²) in [4.78, 5) is 23.4. The Hall–Kier alpha value is -3.95. The highest BCUT2D eigenvalue weighted by atomic mass is 35.5. The first kappa shape index (κ1) is 22.8. The summed E-state index contributed by atoms with van der Waals surface area (Å²) in [6.07, 6.45) is 1.74. The molecular weight excluding hydrogens is 473 g/mol. The second kappa shape index (κ2) is 10.1. The van der Waals surface area contributed by atoms with Crippen molar-refractivity contribution in [3.63, 3.8) is 0 Å². The topological polar surface area (TPSA) is 88.6 Å². The van der Waals surface area contributed by atoms with E-state index in [1.54, 1.807) is 54.7 Å². The zero-order valence-electron chi connectivity index (χ0n) is 18.5. The van der Waals surface area contributed by atoms with Gasteiger partial charge in [0.2, 0.25) is 0 Å². The molecule has 0 unspecified atom stereocenters. The van der Waals surface area contributed by atoms with Crippen molar-refractivity contribution in [3.8, 4) is 11.5 Å². The number of nitrogens with one attached hydrogen (secondary N) is 2. The molecule has 0 bridgehead atoms. The molecule has 3 aromatic carbocycles. The van der Waals surface area contributed by atoms with Crippen molar-refractivity contribution in [2.75, 3.05) is 41.8 Å². The number of hydrogen-bond acceptors (Lipinski definition) is 6. The van der Waals surface area contributed by atoms with Crippen LogP contribution in [0, 0.1) is 5.82 Å². The minimum atomic E-state index is -0.623. The molecule has 0 saturated carbocycles. The SMILES string of the molecule is O=C(Nc1ccc(Cl)cc1)Nc1ccc(Oc2ccc3ncc(N4CCOCC4)nc3c2)c(F)c1. The van der Waals surface area contributed by atoms with Gasteiger partial charge in [0.15, 0.2) is 11.6 Å². The van der Waals surface area contributed by atoms with Crippen LogP contribution in [0.1, 0.15) is 0 Å². The summed E-state index contributed by atoms with van der Waals surface area (Å²) in [5.74, 6) is 0.579. The molecule has 1 aliphatic heterocycles. The molecule has 5 rings (SSSR count). The standard InChI is InChI=1S/C25H21ClFN5O3/c26-16-1-3-17(4-2-16)29-25(33)30-18-5-8-23(20(27)13-18)35-19-6-7-21-22(14-19)31-24(15-28-21)32-9-11-34-12-10-32/h1-8,13-15H,9-12H2,(H2,29,30,33). The fourth-order valence-electron chi connectivity index (χ4n) is 3.60. The summed E-state index contributed by atoms with van der Waals surface area (Å²) in [7, 11) is 0. The Labute approximate surface area is 205 Å². The van der Waals surface area contributed by atoms with Gasteiger partial charge < -0.3 is 25.0 Å². The number of urea groups is 1. The van der Waals surface area contributed by atoms with Crippen LogP contribution in [-0.2, 0) is 4.74 Å². The number of halogens is 2. The number of anilines is 3. The summed E-state index contributed by atoms with van der Waals surface area (Å²) in [5, 5.41) is 5.80. The summed E-state index contributed by atoms with van der Waals surface area (Å²) >= 11 is 5.84. The molecule has 10 heteroatoms. The van der Waals surface area contributed by atoms with Gasteiger partial charge in [0.1, 0.15) is 11.6 Å². The Kier molecular flexibility index (Phi) is 6.60. The van der Waals surface area contributed by atoms with Gasteiger partial charge in [0.05, 0.1) is 30.4 Å². The summed E-state index contributed by atoms with van der Waals surface area (Å²) < 4.78 is 25.9. The molecule has 0 radical (unpaired) electrons. The van der Waals surface area contributed by atoms with Crippen molar-refractivity contribution in [3.05, 3.63) is 77.7 Å². The van der Waals surface area contributed by atoms with Gasteiger partial charge in [-0.05, 0) is 48.5 Å². The molecule has 8 nitrogen and oxygen atoms in total. The smallest absolute Gasteiger partial charge is 0.323 e. The third-order valence-electron chi connectivity index (χ3n) is 5.36. The summed E-state index contributed by atoms with van der Waals surface area (Å²) in [6.45, 7) is 2.80.